The summed E-state index contributed by atoms with van der Waals surface area (Å²) in [7, 11) is 1.40. The minimum atomic E-state index is -0.635. The van der Waals surface area contributed by atoms with Gasteiger partial charge in [-0.2, -0.15) is 0 Å². The molecule has 0 amide bonds. The Morgan fingerprint density at radius 3 is 2.27 bits per heavy atom. The number of hydrogen-bond acceptors (Lipinski definition) is 5. The molecule has 0 aliphatic carbocycles. The van der Waals surface area contributed by atoms with Crippen LogP contribution >= 0.6 is 0 Å². The first-order valence-electron chi connectivity index (χ1n) is 4.71. The van der Waals surface area contributed by atoms with E-state index in [4.69, 9.17) is 4.74 Å². The van der Waals surface area contributed by atoms with Gasteiger partial charge in [-0.25, -0.2) is 9.59 Å². The first kappa shape index (κ1) is 13.6. The number of ether oxygens (including phenoxy) is 3. The summed E-state index contributed by atoms with van der Waals surface area (Å²) < 4.78 is 13.8. The van der Waals surface area contributed by atoms with E-state index in [1.165, 1.54) is 7.11 Å². The van der Waals surface area contributed by atoms with Crippen LogP contribution in [-0.2, 0) is 23.8 Å². The number of esters is 2. The first-order chi connectivity index (χ1) is 7.20. The Morgan fingerprint density at radius 1 is 1.13 bits per heavy atom. The number of carbonyl (C=O) groups excluding carboxylic acids is 2. The van der Waals surface area contributed by atoms with Crippen molar-refractivity contribution in [3.8, 4) is 0 Å². The Balaban J connectivity index is 3.65. The van der Waals surface area contributed by atoms with Gasteiger partial charge in [0.05, 0.1) is 6.61 Å². The van der Waals surface area contributed by atoms with E-state index < -0.39 is 11.9 Å². The molecule has 5 nitrogen and oxygen atoms in total. The maximum absolute atomic E-state index is 10.9. The number of carbonyl (C=O) groups is 2. The maximum atomic E-state index is 10.9. The topological polar surface area (TPSA) is 61.8 Å². The van der Waals surface area contributed by atoms with Crippen LogP contribution in [-0.4, -0.2) is 32.4 Å². The predicted octanol–water partition coefficient (Wildman–Crippen LogP) is 1.03. The quantitative estimate of drug-likeness (QED) is 0.275. The molecule has 0 unspecified atom stereocenters. The molecule has 0 aliphatic heterocycles. The SMILES string of the molecule is CCCCOC(=O)C=CC(=O)OCOC. The van der Waals surface area contributed by atoms with Crippen molar-refractivity contribution >= 4 is 11.9 Å². The summed E-state index contributed by atoms with van der Waals surface area (Å²) in [6.45, 7) is 2.23. The maximum Gasteiger partial charge on any atom is 0.333 e. The lowest BCUT2D eigenvalue weighted by Gasteiger charge is -1.99. The second-order valence-corrected chi connectivity index (χ2v) is 2.72. The summed E-state index contributed by atoms with van der Waals surface area (Å²) in [4.78, 5) is 21.8. The molecule has 0 spiro atoms. The molecule has 0 aromatic rings. The van der Waals surface area contributed by atoms with Gasteiger partial charge < -0.3 is 14.2 Å². The molecule has 0 aromatic carbocycles. The highest BCUT2D eigenvalue weighted by atomic mass is 16.7. The summed E-state index contributed by atoms with van der Waals surface area (Å²) in [5.74, 6) is -1.18. The first-order valence-corrected chi connectivity index (χ1v) is 4.71. The van der Waals surface area contributed by atoms with Crippen molar-refractivity contribution in [1.82, 2.24) is 0 Å². The second-order valence-electron chi connectivity index (χ2n) is 2.72. The largest absolute Gasteiger partial charge is 0.463 e. The molecule has 5 heteroatoms. The van der Waals surface area contributed by atoms with Gasteiger partial charge in [-0.05, 0) is 6.42 Å². The monoisotopic (exact) mass is 216 g/mol. The van der Waals surface area contributed by atoms with Gasteiger partial charge in [0.25, 0.3) is 0 Å². The number of methoxy groups -OCH3 is 1. The van der Waals surface area contributed by atoms with Gasteiger partial charge in [0.1, 0.15) is 0 Å². The van der Waals surface area contributed by atoms with Gasteiger partial charge in [-0.15, -0.1) is 0 Å². The van der Waals surface area contributed by atoms with Gasteiger partial charge >= 0.3 is 11.9 Å². The van der Waals surface area contributed by atoms with Crippen molar-refractivity contribution in [2.24, 2.45) is 0 Å². The lowest BCUT2D eigenvalue weighted by molar-refractivity contribution is -0.148. The molecule has 86 valence electrons. The zero-order chi connectivity index (χ0) is 11.5. The fraction of sp³-hybridized carbons (Fsp3) is 0.600. The molecule has 0 bridgehead atoms. The van der Waals surface area contributed by atoms with E-state index >= 15 is 0 Å². The van der Waals surface area contributed by atoms with Crippen LogP contribution in [0.4, 0.5) is 0 Å². The lowest BCUT2D eigenvalue weighted by atomic mass is 10.4. The van der Waals surface area contributed by atoms with Crippen LogP contribution in [0, 0.1) is 0 Å². The van der Waals surface area contributed by atoms with E-state index in [0.29, 0.717) is 6.61 Å². The number of rotatable bonds is 7. The number of unbranched alkanes of at least 4 members (excludes halogenated alkanes) is 1. The van der Waals surface area contributed by atoms with E-state index in [-0.39, 0.29) is 6.79 Å². The van der Waals surface area contributed by atoms with E-state index in [1.54, 1.807) is 0 Å². The van der Waals surface area contributed by atoms with E-state index in [1.807, 2.05) is 6.92 Å². The van der Waals surface area contributed by atoms with Crippen LogP contribution in [0.25, 0.3) is 0 Å². The van der Waals surface area contributed by atoms with Crippen molar-refractivity contribution in [3.63, 3.8) is 0 Å². The molecule has 0 heterocycles. The minimum absolute atomic E-state index is 0.131. The summed E-state index contributed by atoms with van der Waals surface area (Å²) in [6, 6.07) is 0. The van der Waals surface area contributed by atoms with Gasteiger partial charge in [0.15, 0.2) is 6.79 Å². The van der Waals surface area contributed by atoms with Gasteiger partial charge in [-0.3, -0.25) is 0 Å². The average Bonchev–Trinajstić information content (AvgIpc) is 2.24. The molecule has 0 atom stereocenters. The Bertz CT molecular complexity index is 222. The van der Waals surface area contributed by atoms with Crippen LogP contribution < -0.4 is 0 Å². The second kappa shape index (κ2) is 9.21. The van der Waals surface area contributed by atoms with Crippen molar-refractivity contribution < 1.29 is 23.8 Å². The Morgan fingerprint density at radius 2 is 1.73 bits per heavy atom. The molecule has 0 saturated carbocycles. The van der Waals surface area contributed by atoms with Gasteiger partial charge in [0, 0.05) is 19.3 Å². The van der Waals surface area contributed by atoms with Crippen LogP contribution in [0.5, 0.6) is 0 Å². The lowest BCUT2D eigenvalue weighted by Crippen LogP contribution is -2.06. The van der Waals surface area contributed by atoms with Crippen molar-refractivity contribution in [2.75, 3.05) is 20.5 Å². The fourth-order valence-corrected chi connectivity index (χ4v) is 0.666. The highest BCUT2D eigenvalue weighted by molar-refractivity contribution is 5.91. The van der Waals surface area contributed by atoms with E-state index in [2.05, 4.69) is 9.47 Å². The van der Waals surface area contributed by atoms with E-state index in [9.17, 15) is 9.59 Å². The van der Waals surface area contributed by atoms with Crippen LogP contribution in [0.15, 0.2) is 12.2 Å². The minimum Gasteiger partial charge on any atom is -0.463 e. The normalized spacial score (nSPS) is 10.3. The molecular weight excluding hydrogens is 200 g/mol. The van der Waals surface area contributed by atoms with Crippen LogP contribution in [0.3, 0.4) is 0 Å². The molecule has 0 aliphatic rings. The Hall–Kier alpha value is -1.36. The predicted molar refractivity (Wildman–Crippen MR) is 53.0 cm³/mol. The number of hydrogen-bond donors (Lipinski definition) is 0. The standard InChI is InChI=1S/C10H16O5/c1-3-4-7-14-9(11)5-6-10(12)15-8-13-2/h5-6H,3-4,7-8H2,1-2H3. The van der Waals surface area contributed by atoms with Crippen molar-refractivity contribution in [3.05, 3.63) is 12.2 Å². The third kappa shape index (κ3) is 8.96. The molecule has 0 fully saturated rings. The third-order valence-corrected chi connectivity index (χ3v) is 1.42. The van der Waals surface area contributed by atoms with E-state index in [0.717, 1.165) is 25.0 Å². The van der Waals surface area contributed by atoms with Crippen molar-refractivity contribution in [1.29, 1.82) is 0 Å². The van der Waals surface area contributed by atoms with Crippen LogP contribution in [0.1, 0.15) is 19.8 Å². The summed E-state index contributed by atoms with van der Waals surface area (Å²) in [5.41, 5.74) is 0. The van der Waals surface area contributed by atoms with Gasteiger partial charge in [0.2, 0.25) is 0 Å². The molecule has 15 heavy (non-hydrogen) atoms. The van der Waals surface area contributed by atoms with Gasteiger partial charge in [-0.1, -0.05) is 13.3 Å². The highest BCUT2D eigenvalue weighted by Gasteiger charge is 1.99. The molecule has 0 rings (SSSR count). The molecular formula is C10H16O5. The molecule has 0 N–H and O–H groups in total. The fourth-order valence-electron chi connectivity index (χ4n) is 0.666. The molecule has 0 radical (unpaired) electrons. The third-order valence-electron chi connectivity index (χ3n) is 1.42. The van der Waals surface area contributed by atoms with Crippen LogP contribution in [0.2, 0.25) is 0 Å². The average molecular weight is 216 g/mol. The zero-order valence-electron chi connectivity index (χ0n) is 9.02. The smallest absolute Gasteiger partial charge is 0.333 e. The summed E-state index contributed by atoms with van der Waals surface area (Å²) >= 11 is 0. The zero-order valence-corrected chi connectivity index (χ0v) is 9.02. The Labute approximate surface area is 89.0 Å². The van der Waals surface area contributed by atoms with Crippen molar-refractivity contribution in [2.45, 2.75) is 19.8 Å². The molecule has 0 saturated heterocycles. The summed E-state index contributed by atoms with van der Waals surface area (Å²) in [5, 5.41) is 0. The molecule has 0 aromatic heterocycles. The summed E-state index contributed by atoms with van der Waals surface area (Å²) in [6.07, 6.45) is 3.81. The highest BCUT2D eigenvalue weighted by Crippen LogP contribution is 1.90. The Kier molecular flexibility index (Phi) is 8.37.